The summed E-state index contributed by atoms with van der Waals surface area (Å²) >= 11 is 1.46. The third-order valence-corrected chi connectivity index (χ3v) is 5.57. The molecule has 1 aliphatic rings. The van der Waals surface area contributed by atoms with Crippen molar-refractivity contribution in [3.63, 3.8) is 0 Å². The van der Waals surface area contributed by atoms with Gasteiger partial charge in [0.25, 0.3) is 5.91 Å². The van der Waals surface area contributed by atoms with Crippen LogP contribution in [0, 0.1) is 12.7 Å². The van der Waals surface area contributed by atoms with Crippen molar-refractivity contribution < 1.29 is 9.18 Å². The van der Waals surface area contributed by atoms with Crippen LogP contribution < -0.4 is 0 Å². The molecule has 1 amide bonds. The van der Waals surface area contributed by atoms with Crippen LogP contribution in [-0.4, -0.2) is 33.7 Å². The first-order chi connectivity index (χ1) is 11.6. The molecular formula is C18H18FN3OS. The Morgan fingerprint density at radius 2 is 1.88 bits per heavy atom. The first-order valence-electron chi connectivity index (χ1n) is 8.18. The first kappa shape index (κ1) is 15.3. The van der Waals surface area contributed by atoms with Gasteiger partial charge in [0, 0.05) is 18.5 Å². The molecule has 0 N–H and O–H groups in total. The number of aromatic nitrogens is 2. The average Bonchev–Trinajstić information content (AvgIpc) is 3.17. The molecule has 4 nitrogen and oxygen atoms in total. The first-order valence-corrected chi connectivity index (χ1v) is 8.99. The molecule has 0 bridgehead atoms. The summed E-state index contributed by atoms with van der Waals surface area (Å²) in [7, 11) is 0. The molecule has 6 heteroatoms. The Kier molecular flexibility index (Phi) is 3.84. The van der Waals surface area contributed by atoms with Crippen LogP contribution in [0.1, 0.15) is 34.6 Å². The molecule has 0 radical (unpaired) electrons. The lowest BCUT2D eigenvalue weighted by Gasteiger charge is -2.26. The minimum atomic E-state index is -0.272. The van der Waals surface area contributed by atoms with Crippen molar-refractivity contribution in [3.8, 4) is 5.69 Å². The largest absolute Gasteiger partial charge is 0.338 e. The molecule has 0 saturated carbocycles. The zero-order valence-corrected chi connectivity index (χ0v) is 14.3. The van der Waals surface area contributed by atoms with Crippen molar-refractivity contribution in [2.45, 2.75) is 26.2 Å². The minimum Gasteiger partial charge on any atom is -0.338 e. The highest BCUT2D eigenvalue weighted by atomic mass is 32.1. The summed E-state index contributed by atoms with van der Waals surface area (Å²) in [5, 5.41) is 5.53. The van der Waals surface area contributed by atoms with Gasteiger partial charge in [-0.05, 0) is 56.5 Å². The molecule has 0 atom stereocenters. The second-order valence-electron chi connectivity index (χ2n) is 6.16. The molecule has 3 aromatic rings. The number of amides is 1. The van der Waals surface area contributed by atoms with E-state index in [2.05, 4.69) is 5.10 Å². The predicted octanol–water partition coefficient (Wildman–Crippen LogP) is 4.16. The Balaban J connectivity index is 1.74. The molecule has 2 aromatic heterocycles. The van der Waals surface area contributed by atoms with E-state index in [-0.39, 0.29) is 11.7 Å². The standard InChI is InChI=1S/C18H18FN3OS/c1-12-15-11-16(17(23)21-9-3-2-4-10-21)24-18(15)22(20-12)14-7-5-13(19)6-8-14/h5-8,11H,2-4,9-10H2,1H3. The van der Waals surface area contributed by atoms with Crippen molar-refractivity contribution in [1.82, 2.24) is 14.7 Å². The maximum Gasteiger partial charge on any atom is 0.264 e. The van der Waals surface area contributed by atoms with Gasteiger partial charge in [0.1, 0.15) is 10.6 Å². The molecular weight excluding hydrogens is 325 g/mol. The highest BCUT2D eigenvalue weighted by molar-refractivity contribution is 7.20. The number of fused-ring (bicyclic) bond motifs is 1. The van der Waals surface area contributed by atoms with Crippen molar-refractivity contribution in [1.29, 1.82) is 0 Å². The SMILES string of the molecule is Cc1nn(-c2ccc(F)cc2)c2sc(C(=O)N3CCCCC3)cc12. The number of aryl methyl sites for hydroxylation is 1. The van der Waals surface area contributed by atoms with Gasteiger partial charge in [0.2, 0.25) is 0 Å². The zero-order chi connectivity index (χ0) is 16.7. The van der Waals surface area contributed by atoms with Crippen molar-refractivity contribution >= 4 is 27.5 Å². The van der Waals surface area contributed by atoms with E-state index in [0.29, 0.717) is 0 Å². The van der Waals surface area contributed by atoms with E-state index in [9.17, 15) is 9.18 Å². The molecule has 4 rings (SSSR count). The van der Waals surface area contributed by atoms with Crippen LogP contribution in [0.25, 0.3) is 15.9 Å². The predicted molar refractivity (Wildman–Crippen MR) is 93.4 cm³/mol. The molecule has 3 heterocycles. The zero-order valence-electron chi connectivity index (χ0n) is 13.5. The van der Waals surface area contributed by atoms with E-state index in [1.54, 1.807) is 16.8 Å². The lowest BCUT2D eigenvalue weighted by molar-refractivity contribution is 0.0729. The fourth-order valence-electron chi connectivity index (χ4n) is 3.16. The fourth-order valence-corrected chi connectivity index (χ4v) is 4.31. The number of carbonyl (C=O) groups excluding carboxylic acids is 1. The van der Waals surface area contributed by atoms with Crippen LogP contribution in [0.5, 0.6) is 0 Å². The maximum absolute atomic E-state index is 13.2. The van der Waals surface area contributed by atoms with Crippen LogP contribution in [0.2, 0.25) is 0 Å². The van der Waals surface area contributed by atoms with Crippen molar-refractivity contribution in [3.05, 3.63) is 46.7 Å². The van der Waals surface area contributed by atoms with E-state index in [1.807, 2.05) is 17.9 Å². The number of piperidine rings is 1. The smallest absolute Gasteiger partial charge is 0.264 e. The number of halogens is 1. The van der Waals surface area contributed by atoms with E-state index in [4.69, 9.17) is 0 Å². The molecule has 1 aromatic carbocycles. The number of hydrogen-bond donors (Lipinski definition) is 0. The molecule has 1 saturated heterocycles. The Morgan fingerprint density at radius 1 is 1.17 bits per heavy atom. The Labute approximate surface area is 143 Å². The van der Waals surface area contributed by atoms with Gasteiger partial charge < -0.3 is 4.90 Å². The number of hydrogen-bond acceptors (Lipinski definition) is 3. The van der Waals surface area contributed by atoms with Crippen LogP contribution in [0.4, 0.5) is 4.39 Å². The molecule has 0 aliphatic carbocycles. The van der Waals surface area contributed by atoms with Gasteiger partial charge >= 0.3 is 0 Å². The average molecular weight is 343 g/mol. The van der Waals surface area contributed by atoms with Crippen LogP contribution in [0.15, 0.2) is 30.3 Å². The Morgan fingerprint density at radius 3 is 2.58 bits per heavy atom. The number of likely N-dealkylation sites (tertiary alicyclic amines) is 1. The van der Waals surface area contributed by atoms with Crippen LogP contribution in [-0.2, 0) is 0 Å². The van der Waals surface area contributed by atoms with Gasteiger partial charge in [-0.2, -0.15) is 5.10 Å². The molecule has 0 unspecified atom stereocenters. The summed E-state index contributed by atoms with van der Waals surface area (Å²) in [5.41, 5.74) is 1.68. The molecule has 24 heavy (non-hydrogen) atoms. The van der Waals surface area contributed by atoms with Gasteiger partial charge in [-0.15, -0.1) is 11.3 Å². The van der Waals surface area contributed by atoms with Crippen LogP contribution >= 0.6 is 11.3 Å². The summed E-state index contributed by atoms with van der Waals surface area (Å²) < 4.78 is 15.0. The summed E-state index contributed by atoms with van der Waals surface area (Å²) in [6, 6.07) is 8.19. The number of carbonyl (C=O) groups is 1. The number of nitrogens with zero attached hydrogens (tertiary/aromatic N) is 3. The summed E-state index contributed by atoms with van der Waals surface area (Å²) in [6.07, 6.45) is 3.37. The molecule has 1 fully saturated rings. The molecule has 1 aliphatic heterocycles. The Bertz CT molecular complexity index is 891. The lowest BCUT2D eigenvalue weighted by atomic mass is 10.1. The van der Waals surface area contributed by atoms with Gasteiger partial charge in [-0.1, -0.05) is 0 Å². The fraction of sp³-hybridized carbons (Fsp3) is 0.333. The second-order valence-corrected chi connectivity index (χ2v) is 7.19. The Hall–Kier alpha value is -2.21. The molecule has 0 spiro atoms. The third-order valence-electron chi connectivity index (χ3n) is 4.47. The maximum atomic E-state index is 13.2. The highest BCUT2D eigenvalue weighted by Crippen LogP contribution is 2.31. The summed E-state index contributed by atoms with van der Waals surface area (Å²) in [4.78, 5) is 16.4. The number of thiophene rings is 1. The van der Waals surface area contributed by atoms with Crippen molar-refractivity contribution in [2.24, 2.45) is 0 Å². The van der Waals surface area contributed by atoms with E-state index < -0.39 is 0 Å². The quantitative estimate of drug-likeness (QED) is 0.701. The van der Waals surface area contributed by atoms with E-state index in [0.717, 1.165) is 52.4 Å². The third kappa shape index (κ3) is 2.60. The number of rotatable bonds is 2. The van der Waals surface area contributed by atoms with E-state index in [1.165, 1.54) is 29.9 Å². The van der Waals surface area contributed by atoms with Crippen molar-refractivity contribution in [2.75, 3.05) is 13.1 Å². The monoisotopic (exact) mass is 343 g/mol. The van der Waals surface area contributed by atoms with Gasteiger partial charge in [-0.3, -0.25) is 4.79 Å². The van der Waals surface area contributed by atoms with Crippen LogP contribution in [0.3, 0.4) is 0 Å². The van der Waals surface area contributed by atoms with Gasteiger partial charge in [-0.25, -0.2) is 9.07 Å². The van der Waals surface area contributed by atoms with Gasteiger partial charge in [0.05, 0.1) is 16.3 Å². The summed E-state index contributed by atoms with van der Waals surface area (Å²) in [5.74, 6) is -0.160. The summed E-state index contributed by atoms with van der Waals surface area (Å²) in [6.45, 7) is 3.62. The van der Waals surface area contributed by atoms with Gasteiger partial charge in [0.15, 0.2) is 0 Å². The normalized spacial score (nSPS) is 15.2. The number of benzene rings is 1. The molecule has 124 valence electrons. The second kappa shape index (κ2) is 6.02. The minimum absolute atomic E-state index is 0.112. The highest BCUT2D eigenvalue weighted by Gasteiger charge is 2.22. The topological polar surface area (TPSA) is 38.1 Å². The van der Waals surface area contributed by atoms with E-state index >= 15 is 0 Å². The lowest BCUT2D eigenvalue weighted by Crippen LogP contribution is -2.35.